The van der Waals surface area contributed by atoms with Crippen LogP contribution >= 0.6 is 11.8 Å². The van der Waals surface area contributed by atoms with Crippen LogP contribution in [0.25, 0.3) is 11.4 Å². The molecule has 1 atom stereocenters. The van der Waals surface area contributed by atoms with E-state index in [4.69, 9.17) is 5.84 Å². The lowest BCUT2D eigenvalue weighted by molar-refractivity contribution is -0.115. The Labute approximate surface area is 181 Å². The molecule has 0 saturated heterocycles. The number of nitrogen functional groups attached to an aromatic ring is 1. The molecule has 156 valence electrons. The van der Waals surface area contributed by atoms with Gasteiger partial charge in [0.05, 0.1) is 5.56 Å². The minimum absolute atomic E-state index is 0.145. The monoisotopic (exact) mass is 437 g/mol. The highest BCUT2D eigenvalue weighted by Gasteiger charge is 2.26. The molecule has 0 fully saturated rings. The number of carbonyl (C=O) groups excluding carboxylic acids is 1. The number of nitrogens with one attached hydrogen (secondary N) is 1. The number of carbonyl (C=O) groups is 1. The molecule has 0 saturated carbocycles. The molecular formula is C22H17F2N5OS. The molecule has 9 heteroatoms. The van der Waals surface area contributed by atoms with Crippen LogP contribution in [0, 0.1) is 11.6 Å². The molecule has 0 aliphatic carbocycles. The lowest BCUT2D eigenvalue weighted by atomic mass is 10.1. The molecule has 3 aromatic carbocycles. The maximum Gasteiger partial charge on any atom is 0.242 e. The molecular weight excluding hydrogens is 420 g/mol. The highest BCUT2D eigenvalue weighted by molar-refractivity contribution is 8.00. The zero-order valence-electron chi connectivity index (χ0n) is 16.1. The third kappa shape index (κ3) is 4.56. The van der Waals surface area contributed by atoms with E-state index < -0.39 is 16.9 Å². The maximum absolute atomic E-state index is 14.2. The number of hydrogen-bond donors (Lipinski definition) is 2. The van der Waals surface area contributed by atoms with Gasteiger partial charge in [0.2, 0.25) is 11.1 Å². The Morgan fingerprint density at radius 1 is 0.935 bits per heavy atom. The van der Waals surface area contributed by atoms with E-state index >= 15 is 0 Å². The Bertz CT molecular complexity index is 1200. The quantitative estimate of drug-likeness (QED) is 0.345. The van der Waals surface area contributed by atoms with Crippen molar-refractivity contribution in [3.05, 3.63) is 96.1 Å². The van der Waals surface area contributed by atoms with Gasteiger partial charge in [-0.25, -0.2) is 13.5 Å². The van der Waals surface area contributed by atoms with E-state index in [1.54, 1.807) is 30.3 Å². The highest BCUT2D eigenvalue weighted by atomic mass is 32.2. The van der Waals surface area contributed by atoms with E-state index in [2.05, 4.69) is 15.5 Å². The highest BCUT2D eigenvalue weighted by Crippen LogP contribution is 2.36. The standard InChI is InChI=1S/C22H17F2N5OS/c23-15-10-12-16(13-11-15)26-21(30)19(14-6-2-1-3-7-14)31-22-28-27-20(29(22)25)17-8-4-5-9-18(17)24/h1-13,19H,25H2,(H,26,30)/t19-/m0/s1. The van der Waals surface area contributed by atoms with Gasteiger partial charge in [-0.2, -0.15) is 0 Å². The first-order valence-electron chi connectivity index (χ1n) is 9.26. The van der Waals surface area contributed by atoms with Crippen molar-refractivity contribution in [3.8, 4) is 11.4 Å². The van der Waals surface area contributed by atoms with E-state index in [-0.39, 0.29) is 22.5 Å². The van der Waals surface area contributed by atoms with E-state index in [9.17, 15) is 13.6 Å². The van der Waals surface area contributed by atoms with Gasteiger partial charge in [0.15, 0.2) is 5.82 Å². The number of hydrogen-bond acceptors (Lipinski definition) is 5. The summed E-state index contributed by atoms with van der Waals surface area (Å²) in [4.78, 5) is 13.1. The molecule has 3 N–H and O–H groups in total. The molecule has 0 bridgehead atoms. The Morgan fingerprint density at radius 3 is 2.32 bits per heavy atom. The average molecular weight is 437 g/mol. The minimum atomic E-state index is -0.730. The average Bonchev–Trinajstić information content (AvgIpc) is 3.14. The molecule has 0 spiro atoms. The molecule has 0 aliphatic rings. The zero-order valence-corrected chi connectivity index (χ0v) is 16.9. The molecule has 1 heterocycles. The second-order valence-corrected chi connectivity index (χ2v) is 7.63. The summed E-state index contributed by atoms with van der Waals surface area (Å²) < 4.78 is 28.5. The van der Waals surface area contributed by atoms with Gasteiger partial charge in [0.25, 0.3) is 0 Å². The summed E-state index contributed by atoms with van der Waals surface area (Å²) in [6, 6.07) is 20.6. The van der Waals surface area contributed by atoms with Crippen molar-refractivity contribution in [3.63, 3.8) is 0 Å². The molecule has 6 nitrogen and oxygen atoms in total. The number of amides is 1. The molecule has 4 rings (SSSR count). The van der Waals surface area contributed by atoms with Gasteiger partial charge in [0.1, 0.15) is 16.9 Å². The molecule has 31 heavy (non-hydrogen) atoms. The topological polar surface area (TPSA) is 85.8 Å². The van der Waals surface area contributed by atoms with Crippen molar-refractivity contribution >= 4 is 23.4 Å². The zero-order chi connectivity index (χ0) is 21.8. The molecule has 1 aromatic heterocycles. The van der Waals surface area contributed by atoms with Gasteiger partial charge in [-0.3, -0.25) is 4.79 Å². The predicted molar refractivity (Wildman–Crippen MR) is 116 cm³/mol. The van der Waals surface area contributed by atoms with Crippen LogP contribution in [0.3, 0.4) is 0 Å². The Balaban J connectivity index is 1.64. The number of aromatic nitrogens is 3. The van der Waals surface area contributed by atoms with Crippen LogP contribution in [-0.2, 0) is 4.79 Å². The van der Waals surface area contributed by atoms with Crippen molar-refractivity contribution in [2.45, 2.75) is 10.4 Å². The SMILES string of the molecule is Nn1c(S[C@H](C(=O)Nc2ccc(F)cc2)c2ccccc2)nnc1-c1ccccc1F. The lowest BCUT2D eigenvalue weighted by Crippen LogP contribution is -2.20. The summed E-state index contributed by atoms with van der Waals surface area (Å²) >= 11 is 1.08. The second kappa shape index (κ2) is 8.97. The van der Waals surface area contributed by atoms with Crippen LogP contribution in [0.15, 0.2) is 84.0 Å². The van der Waals surface area contributed by atoms with Crippen molar-refractivity contribution in [2.24, 2.45) is 0 Å². The fourth-order valence-electron chi connectivity index (χ4n) is 2.93. The minimum Gasteiger partial charge on any atom is -0.335 e. The predicted octanol–water partition coefficient (Wildman–Crippen LogP) is 4.41. The van der Waals surface area contributed by atoms with Crippen LogP contribution in [0.5, 0.6) is 0 Å². The first kappa shape index (κ1) is 20.5. The fraction of sp³-hybridized carbons (Fsp3) is 0.0455. The normalized spacial score (nSPS) is 11.8. The summed E-state index contributed by atoms with van der Waals surface area (Å²) in [7, 11) is 0. The number of nitrogens with zero attached hydrogens (tertiary/aromatic N) is 3. The lowest BCUT2D eigenvalue weighted by Gasteiger charge is -2.16. The first-order chi connectivity index (χ1) is 15.0. The molecule has 4 aromatic rings. The van der Waals surface area contributed by atoms with Gasteiger partial charge < -0.3 is 11.2 Å². The summed E-state index contributed by atoms with van der Waals surface area (Å²) in [5.74, 6) is 5.05. The number of thioether (sulfide) groups is 1. The van der Waals surface area contributed by atoms with E-state index in [1.165, 1.54) is 30.3 Å². The van der Waals surface area contributed by atoms with Crippen LogP contribution < -0.4 is 11.2 Å². The van der Waals surface area contributed by atoms with Crippen LogP contribution in [0.2, 0.25) is 0 Å². The van der Waals surface area contributed by atoms with Crippen molar-refractivity contribution in [2.75, 3.05) is 11.2 Å². The number of anilines is 1. The second-order valence-electron chi connectivity index (χ2n) is 6.56. The number of rotatable bonds is 6. The van der Waals surface area contributed by atoms with E-state index in [0.717, 1.165) is 16.4 Å². The van der Waals surface area contributed by atoms with Crippen molar-refractivity contribution in [1.29, 1.82) is 0 Å². The van der Waals surface area contributed by atoms with Crippen LogP contribution in [0.4, 0.5) is 14.5 Å². The molecule has 1 amide bonds. The first-order valence-corrected chi connectivity index (χ1v) is 10.1. The van der Waals surface area contributed by atoms with Crippen molar-refractivity contribution < 1.29 is 13.6 Å². The maximum atomic E-state index is 14.2. The van der Waals surface area contributed by atoms with E-state index in [1.807, 2.05) is 18.2 Å². The summed E-state index contributed by atoms with van der Waals surface area (Å²) in [6.45, 7) is 0. The van der Waals surface area contributed by atoms with Gasteiger partial charge in [-0.15, -0.1) is 10.2 Å². The van der Waals surface area contributed by atoms with E-state index in [0.29, 0.717) is 11.3 Å². The molecule has 0 unspecified atom stereocenters. The third-order valence-corrected chi connectivity index (χ3v) is 5.67. The fourth-order valence-corrected chi connectivity index (χ4v) is 3.89. The smallest absolute Gasteiger partial charge is 0.242 e. The molecule has 0 radical (unpaired) electrons. The number of halogens is 2. The van der Waals surface area contributed by atoms with Gasteiger partial charge in [-0.1, -0.05) is 54.2 Å². The largest absolute Gasteiger partial charge is 0.335 e. The van der Waals surface area contributed by atoms with Gasteiger partial charge >= 0.3 is 0 Å². The van der Waals surface area contributed by atoms with Crippen LogP contribution in [0.1, 0.15) is 10.8 Å². The summed E-state index contributed by atoms with van der Waals surface area (Å²) in [6.07, 6.45) is 0. The Morgan fingerprint density at radius 2 is 1.61 bits per heavy atom. The van der Waals surface area contributed by atoms with Crippen molar-refractivity contribution in [1.82, 2.24) is 14.9 Å². The Hall–Kier alpha value is -3.72. The summed E-state index contributed by atoms with van der Waals surface area (Å²) in [5.41, 5.74) is 1.37. The summed E-state index contributed by atoms with van der Waals surface area (Å²) in [5, 5.41) is 10.3. The van der Waals surface area contributed by atoms with Gasteiger partial charge in [0, 0.05) is 5.69 Å². The number of benzene rings is 3. The Kier molecular flexibility index (Phi) is 5.94. The van der Waals surface area contributed by atoms with Crippen LogP contribution in [-0.4, -0.2) is 20.8 Å². The number of nitrogens with two attached hydrogens (primary N) is 1. The van der Waals surface area contributed by atoms with Gasteiger partial charge in [-0.05, 0) is 42.0 Å². The molecule has 0 aliphatic heterocycles. The third-order valence-electron chi connectivity index (χ3n) is 4.45.